The first-order chi connectivity index (χ1) is 10.8. The van der Waals surface area contributed by atoms with Gasteiger partial charge in [0.15, 0.2) is 0 Å². The number of hydrogen-bond acceptors (Lipinski definition) is 1. The Morgan fingerprint density at radius 3 is 2.00 bits per heavy atom. The van der Waals surface area contributed by atoms with Gasteiger partial charge in [-0.3, -0.25) is 0 Å². The molecular weight excluding hydrogens is 278 g/mol. The smallest absolute Gasteiger partial charge is 0.0656 e. The first kappa shape index (κ1) is 16.0. The highest BCUT2D eigenvalue weighted by Gasteiger charge is 2.65. The van der Waals surface area contributed by atoms with Crippen LogP contribution in [-0.4, -0.2) is 0 Å². The van der Waals surface area contributed by atoms with Crippen molar-refractivity contribution in [1.82, 2.24) is 0 Å². The molecule has 0 unspecified atom stereocenters. The summed E-state index contributed by atoms with van der Waals surface area (Å²) in [6.45, 7) is 10.4. The highest BCUT2D eigenvalue weighted by molar-refractivity contribution is 5.15. The van der Waals surface area contributed by atoms with E-state index in [0.29, 0.717) is 27.6 Å². The van der Waals surface area contributed by atoms with Gasteiger partial charge in [0.25, 0.3) is 0 Å². The number of nitrogens with zero attached hydrogens (tertiary/aromatic N) is 1. The molecule has 23 heavy (non-hydrogen) atoms. The molecule has 4 aliphatic carbocycles. The molecule has 0 saturated heterocycles. The number of hydrogen-bond donors (Lipinski definition) is 0. The highest BCUT2D eigenvalue weighted by Crippen LogP contribution is 2.73. The molecule has 4 fully saturated rings. The van der Waals surface area contributed by atoms with E-state index in [9.17, 15) is 5.26 Å². The van der Waals surface area contributed by atoms with Crippen molar-refractivity contribution in [2.45, 2.75) is 91.9 Å². The Morgan fingerprint density at radius 1 is 0.739 bits per heavy atom. The third kappa shape index (κ3) is 1.85. The summed E-state index contributed by atoms with van der Waals surface area (Å²) in [5.74, 6) is 2.18. The van der Waals surface area contributed by atoms with Gasteiger partial charge in [-0.2, -0.15) is 5.26 Å². The molecule has 4 rings (SSSR count). The quantitative estimate of drug-likeness (QED) is 0.512. The van der Waals surface area contributed by atoms with Crippen LogP contribution in [0.25, 0.3) is 0 Å². The highest BCUT2D eigenvalue weighted by atomic mass is 14.7. The van der Waals surface area contributed by atoms with Crippen molar-refractivity contribution in [3.8, 4) is 6.07 Å². The maximum absolute atomic E-state index is 9.46. The van der Waals surface area contributed by atoms with E-state index < -0.39 is 0 Å². The Morgan fingerprint density at radius 2 is 1.35 bits per heavy atom. The summed E-state index contributed by atoms with van der Waals surface area (Å²) in [5.41, 5.74) is 2.10. The van der Waals surface area contributed by atoms with Crippen molar-refractivity contribution in [3.05, 3.63) is 0 Å². The molecule has 0 aromatic heterocycles. The second-order valence-electron chi connectivity index (χ2n) is 10.7. The van der Waals surface area contributed by atoms with Crippen LogP contribution in [0.5, 0.6) is 0 Å². The molecule has 4 saturated carbocycles. The molecule has 1 heteroatoms. The molecule has 0 aromatic rings. The normalized spacial score (nSPS) is 58.7. The summed E-state index contributed by atoms with van der Waals surface area (Å²) >= 11 is 0. The summed E-state index contributed by atoms with van der Waals surface area (Å²) in [5, 5.41) is 9.46. The lowest BCUT2D eigenvalue weighted by Crippen LogP contribution is -2.59. The van der Waals surface area contributed by atoms with Crippen LogP contribution in [0.3, 0.4) is 0 Å². The number of rotatable bonds is 0. The van der Waals surface area contributed by atoms with Gasteiger partial charge in [0.2, 0.25) is 0 Å². The Hall–Kier alpha value is -0.510. The fourth-order valence-electron chi connectivity index (χ4n) is 8.14. The minimum atomic E-state index is 0.320. The predicted octanol–water partition coefficient (Wildman–Crippen LogP) is 6.34. The first-order valence-corrected chi connectivity index (χ1v) is 10.2. The van der Waals surface area contributed by atoms with E-state index in [0.717, 1.165) is 24.7 Å². The SMILES string of the molecule is C[C@]12CCC[C@@]1(C)[C@@H]1CC[C@@]3(C)C[C@H](C#N)CC[C@]3(C)[C@@H]1CC2. The molecule has 4 aliphatic rings. The molecule has 0 heterocycles. The lowest BCUT2D eigenvalue weighted by atomic mass is 9.37. The van der Waals surface area contributed by atoms with Crippen LogP contribution >= 0.6 is 0 Å². The molecule has 7 atom stereocenters. The van der Waals surface area contributed by atoms with E-state index in [1.54, 1.807) is 0 Å². The summed E-state index contributed by atoms with van der Waals surface area (Å²) in [7, 11) is 0. The molecule has 0 radical (unpaired) electrons. The van der Waals surface area contributed by atoms with Crippen LogP contribution in [0.2, 0.25) is 0 Å². The third-order valence-electron chi connectivity index (χ3n) is 10.2. The van der Waals surface area contributed by atoms with Crippen molar-refractivity contribution < 1.29 is 0 Å². The molecule has 1 nitrogen and oxygen atoms in total. The van der Waals surface area contributed by atoms with Crippen LogP contribution in [0.1, 0.15) is 91.9 Å². The van der Waals surface area contributed by atoms with E-state index in [-0.39, 0.29) is 0 Å². The van der Waals surface area contributed by atoms with Gasteiger partial charge >= 0.3 is 0 Å². The minimum Gasteiger partial charge on any atom is -0.198 e. The Labute approximate surface area is 143 Å². The predicted molar refractivity (Wildman–Crippen MR) is 94.7 cm³/mol. The van der Waals surface area contributed by atoms with Gasteiger partial charge in [-0.1, -0.05) is 34.1 Å². The average molecular weight is 314 g/mol. The van der Waals surface area contributed by atoms with Crippen molar-refractivity contribution >= 4 is 0 Å². The van der Waals surface area contributed by atoms with Crippen molar-refractivity contribution in [2.75, 3.05) is 0 Å². The zero-order valence-electron chi connectivity index (χ0n) is 15.8. The summed E-state index contributed by atoms with van der Waals surface area (Å²) in [6.07, 6.45) is 13.7. The van der Waals surface area contributed by atoms with Crippen LogP contribution in [0.4, 0.5) is 0 Å². The van der Waals surface area contributed by atoms with E-state index in [4.69, 9.17) is 0 Å². The number of nitriles is 1. The van der Waals surface area contributed by atoms with Crippen LogP contribution in [0, 0.1) is 50.7 Å². The monoisotopic (exact) mass is 313 g/mol. The van der Waals surface area contributed by atoms with Gasteiger partial charge in [-0.15, -0.1) is 0 Å². The van der Waals surface area contributed by atoms with Crippen molar-refractivity contribution in [3.63, 3.8) is 0 Å². The van der Waals surface area contributed by atoms with Gasteiger partial charge < -0.3 is 0 Å². The molecule has 0 N–H and O–H groups in total. The van der Waals surface area contributed by atoms with Gasteiger partial charge in [-0.25, -0.2) is 0 Å². The largest absolute Gasteiger partial charge is 0.198 e. The van der Waals surface area contributed by atoms with Crippen molar-refractivity contribution in [2.24, 2.45) is 39.4 Å². The molecule has 0 spiro atoms. The molecule has 0 amide bonds. The van der Waals surface area contributed by atoms with Gasteiger partial charge in [-0.05, 0) is 91.3 Å². The molecule has 0 bridgehead atoms. The minimum absolute atomic E-state index is 0.320. The summed E-state index contributed by atoms with van der Waals surface area (Å²) < 4.78 is 0. The van der Waals surface area contributed by atoms with E-state index >= 15 is 0 Å². The molecule has 0 aromatic carbocycles. The van der Waals surface area contributed by atoms with E-state index in [1.165, 1.54) is 51.4 Å². The molecular formula is C22H35N. The fourth-order valence-corrected chi connectivity index (χ4v) is 8.14. The summed E-state index contributed by atoms with van der Waals surface area (Å²) in [4.78, 5) is 0. The Bertz CT molecular complexity index is 547. The zero-order chi connectivity index (χ0) is 16.5. The lowest BCUT2D eigenvalue weighted by molar-refractivity contribution is -0.181. The summed E-state index contributed by atoms with van der Waals surface area (Å²) in [6, 6.07) is 2.60. The lowest BCUT2D eigenvalue weighted by Gasteiger charge is -2.67. The van der Waals surface area contributed by atoms with Crippen molar-refractivity contribution in [1.29, 1.82) is 5.26 Å². The van der Waals surface area contributed by atoms with Crippen LogP contribution < -0.4 is 0 Å². The average Bonchev–Trinajstić information content (AvgIpc) is 2.83. The zero-order valence-corrected chi connectivity index (χ0v) is 15.8. The fraction of sp³-hybridized carbons (Fsp3) is 0.955. The van der Waals surface area contributed by atoms with Gasteiger partial charge in [0, 0.05) is 5.92 Å². The van der Waals surface area contributed by atoms with Gasteiger partial charge in [0.05, 0.1) is 6.07 Å². The Balaban J connectivity index is 1.70. The number of fused-ring (bicyclic) bond motifs is 5. The second-order valence-corrected chi connectivity index (χ2v) is 10.7. The third-order valence-corrected chi connectivity index (χ3v) is 10.2. The van der Waals surface area contributed by atoms with E-state index in [1.807, 2.05) is 0 Å². The van der Waals surface area contributed by atoms with Crippen LogP contribution in [-0.2, 0) is 0 Å². The second kappa shape index (κ2) is 4.77. The van der Waals surface area contributed by atoms with Gasteiger partial charge in [0.1, 0.15) is 0 Å². The topological polar surface area (TPSA) is 23.8 Å². The standard InChI is InChI=1S/C22H35N/c1-19-9-5-10-21(19,3)17-8-12-20(2)14-16(15-23)6-13-22(20,4)18(17)7-11-19/h16-18H,5-14H2,1-4H3/t16-,17-,18-,19-,20+,21+,22-/m1/s1. The first-order valence-electron chi connectivity index (χ1n) is 10.2. The molecule has 128 valence electrons. The maximum atomic E-state index is 9.46. The molecule has 0 aliphatic heterocycles. The Kier molecular flexibility index (Phi) is 3.32. The van der Waals surface area contributed by atoms with E-state index in [2.05, 4.69) is 33.8 Å². The maximum Gasteiger partial charge on any atom is 0.0656 e. The van der Waals surface area contributed by atoms with Crippen LogP contribution in [0.15, 0.2) is 0 Å².